The number of thiophene rings is 1. The van der Waals surface area contributed by atoms with Crippen LogP contribution in [0, 0.1) is 10.1 Å². The number of nitrogens with one attached hydrogen (secondary N) is 2. The third-order valence-electron chi connectivity index (χ3n) is 3.86. The normalized spacial score (nSPS) is 11.6. The number of nitro groups is 1. The Morgan fingerprint density at radius 2 is 1.93 bits per heavy atom. The van der Waals surface area contributed by atoms with Crippen molar-refractivity contribution in [3.63, 3.8) is 0 Å². The van der Waals surface area contributed by atoms with E-state index in [1.807, 2.05) is 47.8 Å². The first kappa shape index (κ1) is 18.9. The van der Waals surface area contributed by atoms with Crippen LogP contribution in [0.4, 0.5) is 11.4 Å². The highest BCUT2D eigenvalue weighted by molar-refractivity contribution is 7.10. The third-order valence-corrected chi connectivity index (χ3v) is 5.12. The lowest BCUT2D eigenvalue weighted by Crippen LogP contribution is -2.33. The van der Waals surface area contributed by atoms with Crippen molar-refractivity contribution < 1.29 is 9.72 Å². The van der Waals surface area contributed by atoms with Crippen LogP contribution in [0.3, 0.4) is 0 Å². The number of carbonyl (C=O) groups is 1. The topological polar surface area (TPSA) is 84.3 Å². The van der Waals surface area contributed by atoms with Gasteiger partial charge in [0.2, 0.25) is 5.91 Å². The largest absolute Gasteiger partial charge is 0.376 e. The first-order valence-corrected chi connectivity index (χ1v) is 9.36. The number of rotatable bonds is 7. The van der Waals surface area contributed by atoms with Crippen LogP contribution in [-0.4, -0.2) is 17.4 Å². The van der Waals surface area contributed by atoms with Gasteiger partial charge in [-0.25, -0.2) is 0 Å². The van der Waals surface area contributed by atoms with Crippen molar-refractivity contribution in [2.24, 2.45) is 0 Å². The number of benzene rings is 2. The van der Waals surface area contributed by atoms with Gasteiger partial charge >= 0.3 is 0 Å². The van der Waals surface area contributed by atoms with E-state index in [4.69, 9.17) is 11.6 Å². The summed E-state index contributed by atoms with van der Waals surface area (Å²) in [6.45, 7) is -0.0203. The van der Waals surface area contributed by atoms with E-state index in [-0.39, 0.29) is 29.2 Å². The lowest BCUT2D eigenvalue weighted by molar-refractivity contribution is -0.384. The van der Waals surface area contributed by atoms with Gasteiger partial charge in [-0.05, 0) is 29.1 Å². The Bertz CT molecular complexity index is 933. The monoisotopic (exact) mass is 401 g/mol. The predicted octanol–water partition coefficient (Wildman–Crippen LogP) is 4.63. The van der Waals surface area contributed by atoms with Crippen LogP contribution in [0.5, 0.6) is 0 Å². The molecule has 1 aromatic heterocycles. The van der Waals surface area contributed by atoms with E-state index in [0.29, 0.717) is 5.69 Å². The van der Waals surface area contributed by atoms with Gasteiger partial charge in [0.05, 0.1) is 17.5 Å². The molecular formula is C19H16ClN3O3S. The van der Waals surface area contributed by atoms with E-state index < -0.39 is 4.92 Å². The highest BCUT2D eigenvalue weighted by Gasteiger charge is 2.18. The van der Waals surface area contributed by atoms with Crippen molar-refractivity contribution >= 4 is 40.2 Å². The van der Waals surface area contributed by atoms with E-state index in [2.05, 4.69) is 10.6 Å². The van der Waals surface area contributed by atoms with Crippen LogP contribution in [0.25, 0.3) is 0 Å². The molecule has 0 radical (unpaired) electrons. The van der Waals surface area contributed by atoms with Crippen LogP contribution >= 0.6 is 22.9 Å². The van der Waals surface area contributed by atoms with Gasteiger partial charge in [-0.3, -0.25) is 14.9 Å². The summed E-state index contributed by atoms with van der Waals surface area (Å²) in [6.07, 6.45) is 0. The second-order valence-electron chi connectivity index (χ2n) is 5.70. The van der Waals surface area contributed by atoms with E-state index in [0.717, 1.165) is 10.4 Å². The molecule has 0 aliphatic heterocycles. The minimum atomic E-state index is -0.560. The van der Waals surface area contributed by atoms with Crippen molar-refractivity contribution in [1.82, 2.24) is 5.32 Å². The highest BCUT2D eigenvalue weighted by Crippen LogP contribution is 2.28. The van der Waals surface area contributed by atoms with Gasteiger partial charge in [0, 0.05) is 16.6 Å². The summed E-state index contributed by atoms with van der Waals surface area (Å²) in [5, 5.41) is 18.9. The molecular weight excluding hydrogens is 386 g/mol. The lowest BCUT2D eigenvalue weighted by atomic mass is 10.1. The fraction of sp³-hybridized carbons (Fsp3) is 0.105. The molecule has 0 aliphatic rings. The van der Waals surface area contributed by atoms with E-state index >= 15 is 0 Å². The molecule has 0 fully saturated rings. The average Bonchev–Trinajstić information content (AvgIpc) is 3.20. The molecule has 1 heterocycles. The summed E-state index contributed by atoms with van der Waals surface area (Å²) in [6, 6.07) is 17.7. The van der Waals surface area contributed by atoms with Crippen molar-refractivity contribution in [2.45, 2.75) is 6.04 Å². The maximum atomic E-state index is 12.5. The lowest BCUT2D eigenvalue weighted by Gasteiger charge is -2.18. The van der Waals surface area contributed by atoms with Crippen molar-refractivity contribution in [3.05, 3.63) is 91.6 Å². The summed E-state index contributed by atoms with van der Waals surface area (Å²) in [5.74, 6) is -0.227. The number of halogens is 1. The van der Waals surface area contributed by atoms with Crippen molar-refractivity contribution in [2.75, 3.05) is 11.9 Å². The van der Waals surface area contributed by atoms with Gasteiger partial charge in [0.1, 0.15) is 5.02 Å². The molecule has 0 bridgehead atoms. The molecule has 1 atom stereocenters. The third kappa shape index (κ3) is 4.84. The fourth-order valence-corrected chi connectivity index (χ4v) is 3.57. The molecule has 6 nitrogen and oxygen atoms in total. The van der Waals surface area contributed by atoms with E-state index in [1.165, 1.54) is 12.1 Å². The van der Waals surface area contributed by atoms with Gasteiger partial charge < -0.3 is 10.6 Å². The number of anilines is 1. The molecule has 2 N–H and O–H groups in total. The second kappa shape index (κ2) is 8.66. The van der Waals surface area contributed by atoms with Gasteiger partial charge in [-0.15, -0.1) is 11.3 Å². The molecule has 3 rings (SSSR count). The maximum absolute atomic E-state index is 12.5. The molecule has 0 saturated carbocycles. The van der Waals surface area contributed by atoms with Crippen molar-refractivity contribution in [1.29, 1.82) is 0 Å². The molecule has 1 unspecified atom stereocenters. The van der Waals surface area contributed by atoms with Crippen LogP contribution in [-0.2, 0) is 4.79 Å². The zero-order valence-corrected chi connectivity index (χ0v) is 15.7. The molecule has 0 saturated heterocycles. The molecule has 8 heteroatoms. The number of nitrogens with zero attached hydrogens (tertiary/aromatic N) is 1. The average molecular weight is 402 g/mol. The fourth-order valence-electron chi connectivity index (χ4n) is 2.58. The Labute approximate surface area is 164 Å². The Hall–Kier alpha value is -2.90. The molecule has 0 aliphatic carbocycles. The van der Waals surface area contributed by atoms with Gasteiger partial charge in [0.25, 0.3) is 5.69 Å². The van der Waals surface area contributed by atoms with E-state index in [9.17, 15) is 14.9 Å². The van der Waals surface area contributed by atoms with Crippen LogP contribution in [0.1, 0.15) is 16.5 Å². The Kier molecular flexibility index (Phi) is 6.05. The SMILES string of the molecule is O=C(CNc1ccc(Cl)c([N+](=O)[O-])c1)NC(c1ccccc1)c1cccs1. The summed E-state index contributed by atoms with van der Waals surface area (Å²) >= 11 is 7.36. The summed E-state index contributed by atoms with van der Waals surface area (Å²) in [4.78, 5) is 23.9. The summed E-state index contributed by atoms with van der Waals surface area (Å²) in [5.41, 5.74) is 1.23. The zero-order valence-electron chi connectivity index (χ0n) is 14.1. The highest BCUT2D eigenvalue weighted by atomic mass is 35.5. The Morgan fingerprint density at radius 3 is 2.59 bits per heavy atom. The van der Waals surface area contributed by atoms with E-state index in [1.54, 1.807) is 17.4 Å². The first-order chi connectivity index (χ1) is 13.0. The van der Waals surface area contributed by atoms with Crippen LogP contribution in [0.15, 0.2) is 66.0 Å². The Balaban J connectivity index is 1.69. The van der Waals surface area contributed by atoms with Crippen LogP contribution in [0.2, 0.25) is 5.02 Å². The molecule has 3 aromatic rings. The van der Waals surface area contributed by atoms with Gasteiger partial charge in [0.15, 0.2) is 0 Å². The summed E-state index contributed by atoms with van der Waals surface area (Å²) in [7, 11) is 0. The maximum Gasteiger partial charge on any atom is 0.289 e. The predicted molar refractivity (Wildman–Crippen MR) is 107 cm³/mol. The van der Waals surface area contributed by atoms with Crippen molar-refractivity contribution in [3.8, 4) is 0 Å². The number of carbonyl (C=O) groups excluding carboxylic acids is 1. The Morgan fingerprint density at radius 1 is 1.15 bits per heavy atom. The van der Waals surface area contributed by atoms with Gasteiger partial charge in [-0.1, -0.05) is 48.0 Å². The molecule has 2 aromatic carbocycles. The second-order valence-corrected chi connectivity index (χ2v) is 7.09. The molecule has 27 heavy (non-hydrogen) atoms. The number of hydrogen-bond donors (Lipinski definition) is 2. The molecule has 0 spiro atoms. The smallest absolute Gasteiger partial charge is 0.289 e. The number of hydrogen-bond acceptors (Lipinski definition) is 5. The minimum absolute atomic E-state index is 0.0203. The minimum Gasteiger partial charge on any atom is -0.376 e. The standard InChI is InChI=1S/C19H16ClN3O3S/c20-15-9-8-14(11-16(15)23(25)26)21-12-18(24)22-19(17-7-4-10-27-17)13-5-2-1-3-6-13/h1-11,19,21H,12H2,(H,22,24). The quantitative estimate of drug-likeness (QED) is 0.446. The number of amides is 1. The van der Waals surface area contributed by atoms with Gasteiger partial charge in [-0.2, -0.15) is 0 Å². The number of nitro benzene ring substituents is 1. The molecule has 138 valence electrons. The molecule has 1 amide bonds. The zero-order chi connectivity index (χ0) is 19.2. The first-order valence-electron chi connectivity index (χ1n) is 8.10. The van der Waals surface area contributed by atoms with Crippen LogP contribution < -0.4 is 10.6 Å². The summed E-state index contributed by atoms with van der Waals surface area (Å²) < 4.78 is 0.